The smallest absolute Gasteiger partial charge is 1.00 e. The van der Waals surface area contributed by atoms with Crippen molar-refractivity contribution in [3.05, 3.63) is 0 Å². The number of hydrogen-bond donors (Lipinski definition) is 4. The topological polar surface area (TPSA) is 115 Å². The predicted molar refractivity (Wildman–Crippen MR) is 61.6 cm³/mol. The van der Waals surface area contributed by atoms with Gasteiger partial charge in [-0.15, -0.1) is 0 Å². The van der Waals surface area contributed by atoms with Crippen molar-refractivity contribution in [3.8, 4) is 0 Å². The number of hydrogen-bond acceptors (Lipinski definition) is 2. The van der Waals surface area contributed by atoms with Gasteiger partial charge in [0.1, 0.15) is 0 Å². The van der Waals surface area contributed by atoms with Crippen LogP contribution < -0.4 is 0 Å². The van der Waals surface area contributed by atoms with Crippen LogP contribution in [0.25, 0.3) is 0 Å². The van der Waals surface area contributed by atoms with E-state index in [0.717, 1.165) is 0 Å². The molecule has 0 aliphatic heterocycles. The predicted octanol–water partition coefficient (Wildman–Crippen LogP) is -4.01. The minimum Gasteiger partial charge on any atom is -1.00 e. The van der Waals surface area contributed by atoms with Gasteiger partial charge in [0.15, 0.2) is 0 Å². The molecule has 0 spiro atoms. The Balaban J connectivity index is -0.00000000126. The van der Waals surface area contributed by atoms with Gasteiger partial charge in [-0.3, -0.25) is 8.92 Å². The summed E-state index contributed by atoms with van der Waals surface area (Å²) in [7, 11) is -6.26. The first kappa shape index (κ1) is 42.8. The summed E-state index contributed by atoms with van der Waals surface area (Å²) < 4.78 is 17.5. The zero-order valence-corrected chi connectivity index (χ0v) is 20.2. The van der Waals surface area contributed by atoms with Crippen LogP contribution in [0.2, 0.25) is 0 Å². The van der Waals surface area contributed by atoms with Crippen LogP contribution in [0.1, 0.15) is 14.3 Å². The molecule has 0 aliphatic rings. The summed E-state index contributed by atoms with van der Waals surface area (Å²) in [5.74, 6) is 0. The Hall–Kier alpha value is 5.53. The van der Waals surface area contributed by atoms with Crippen LogP contribution in [0.5, 0.6) is 0 Å². The normalized spacial score (nSPS) is 3.69. The molecule has 0 aromatic rings. The number of rotatable bonds is 0. The molecule has 0 heterocycles. The van der Waals surface area contributed by atoms with E-state index in [9.17, 15) is 0 Å². The van der Waals surface area contributed by atoms with E-state index in [-0.39, 0.29) is 203 Å². The maximum atomic E-state index is 8.74. The molecule has 0 unspecified atom stereocenters. The molecular weight excluding hydrogens is 353 g/mol. The largest absolute Gasteiger partial charge is 2.00 e. The molecule has 0 aromatic heterocycles. The molecule has 0 rings (SSSR count). The molecule has 0 bridgehead atoms. The average molecular weight is 367 g/mol. The first-order valence-corrected chi connectivity index (χ1v) is 3.91. The summed E-state index contributed by atoms with van der Waals surface area (Å²) in [5.41, 5.74) is 0. The fourth-order valence-corrected chi connectivity index (χ4v) is 0. The first-order chi connectivity index (χ1) is 3.46. The van der Waals surface area contributed by atoms with Gasteiger partial charge >= 0.3 is 207 Å². The molecular formula is H14Ca5O6Si2. The fraction of sp³-hybridized carbons (Fsp3) is 0. The summed E-state index contributed by atoms with van der Waals surface area (Å²) >= 11 is 0. The first-order valence-electron chi connectivity index (χ1n) is 1.30. The zero-order chi connectivity index (χ0) is 7.15. The van der Waals surface area contributed by atoms with Gasteiger partial charge in [-0.25, -0.2) is 0 Å². The van der Waals surface area contributed by atoms with E-state index in [1.54, 1.807) is 0 Å². The Bertz CT molecular complexity index is 99.7. The van der Waals surface area contributed by atoms with Gasteiger partial charge in [0, 0.05) is 0 Å². The van der Waals surface area contributed by atoms with Gasteiger partial charge in [-0.2, -0.15) is 0 Å². The molecule has 0 atom stereocenters. The fourth-order valence-electron chi connectivity index (χ4n) is 0. The van der Waals surface area contributed by atoms with Crippen molar-refractivity contribution in [2.45, 2.75) is 0 Å². The van der Waals surface area contributed by atoms with Crippen molar-refractivity contribution in [2.75, 3.05) is 0 Å². The SMILES string of the molecule is O=[Si](O)O.O=[Si](O)O.[Ca+2].[Ca+2].[Ca+2].[Ca+2].[Ca+2].[H-].[H-].[H-].[H-].[H-].[H-].[H-].[H-].[H-].[H-]. The molecule has 6 nitrogen and oxygen atoms in total. The van der Waals surface area contributed by atoms with Gasteiger partial charge in [-0.05, 0) is 0 Å². The van der Waals surface area contributed by atoms with Crippen LogP contribution in [0.15, 0.2) is 0 Å². The van der Waals surface area contributed by atoms with E-state index in [0.29, 0.717) is 0 Å². The summed E-state index contributed by atoms with van der Waals surface area (Å²) in [6, 6.07) is 0. The van der Waals surface area contributed by atoms with Gasteiger partial charge in [0.25, 0.3) is 0 Å². The minimum absolute atomic E-state index is 0. The van der Waals surface area contributed by atoms with E-state index in [1.165, 1.54) is 0 Å². The molecule has 0 aliphatic carbocycles. The third kappa shape index (κ3) is 138. The maximum Gasteiger partial charge on any atom is 2.00 e. The van der Waals surface area contributed by atoms with E-state index < -0.39 is 18.3 Å². The standard InChI is InChI=1S/5Ca.2H2O3Si.10H/c;;;;;2*1-4(2)3;;;;;;;;;;/h;;;;;2*1-2H;;;;;;;;;;/q5*+2;;;10*-1. The second-order valence-electron chi connectivity index (χ2n) is 0.565. The molecule has 0 fully saturated rings. The minimum atomic E-state index is -3.13. The van der Waals surface area contributed by atoms with Crippen molar-refractivity contribution in [1.29, 1.82) is 0 Å². The van der Waals surface area contributed by atoms with E-state index >= 15 is 0 Å². The Labute approximate surface area is 243 Å². The van der Waals surface area contributed by atoms with Crippen LogP contribution >= 0.6 is 0 Å². The molecule has 0 radical (unpaired) electrons. The van der Waals surface area contributed by atoms with E-state index in [2.05, 4.69) is 0 Å². The zero-order valence-electron chi connectivity index (χ0n) is 17.1. The van der Waals surface area contributed by atoms with Crippen molar-refractivity contribution in [1.82, 2.24) is 0 Å². The van der Waals surface area contributed by atoms with Gasteiger partial charge in [0.05, 0.1) is 0 Å². The van der Waals surface area contributed by atoms with Crippen LogP contribution in [0, 0.1) is 0 Å². The monoisotopic (exact) mass is 366 g/mol. The Morgan fingerprint density at radius 2 is 0.615 bits per heavy atom. The van der Waals surface area contributed by atoms with Crippen LogP contribution in [-0.2, 0) is 8.92 Å². The van der Waals surface area contributed by atoms with Crippen LogP contribution in [0.3, 0.4) is 0 Å². The van der Waals surface area contributed by atoms with Gasteiger partial charge in [-0.1, -0.05) is 0 Å². The third-order valence-corrected chi connectivity index (χ3v) is 0. The molecule has 0 saturated heterocycles. The molecule has 13 heteroatoms. The summed E-state index contributed by atoms with van der Waals surface area (Å²) in [4.78, 5) is 28.6. The van der Waals surface area contributed by atoms with E-state index in [1.807, 2.05) is 0 Å². The Morgan fingerprint density at radius 3 is 0.615 bits per heavy atom. The summed E-state index contributed by atoms with van der Waals surface area (Å²) in [5, 5.41) is 0. The van der Waals surface area contributed by atoms with Crippen molar-refractivity contribution >= 4 is 207 Å². The third-order valence-electron chi connectivity index (χ3n) is 0. The molecule has 68 valence electrons. The van der Waals surface area contributed by atoms with Crippen molar-refractivity contribution in [2.24, 2.45) is 0 Å². The molecule has 0 aromatic carbocycles. The summed E-state index contributed by atoms with van der Waals surface area (Å²) in [6.45, 7) is 0. The quantitative estimate of drug-likeness (QED) is 0.325. The maximum absolute atomic E-state index is 8.74. The van der Waals surface area contributed by atoms with Crippen LogP contribution in [0.4, 0.5) is 0 Å². The van der Waals surface area contributed by atoms with Gasteiger partial charge < -0.3 is 33.4 Å². The Kier molecular flexibility index (Phi) is 119. The molecule has 13 heavy (non-hydrogen) atoms. The van der Waals surface area contributed by atoms with Crippen molar-refractivity contribution < 1.29 is 42.4 Å². The molecule has 4 N–H and O–H groups in total. The molecule has 0 amide bonds. The second-order valence-corrected chi connectivity index (χ2v) is 1.70. The van der Waals surface area contributed by atoms with Gasteiger partial charge in [0.2, 0.25) is 0 Å². The van der Waals surface area contributed by atoms with E-state index in [4.69, 9.17) is 28.1 Å². The molecule has 0 saturated carbocycles. The summed E-state index contributed by atoms with van der Waals surface area (Å²) in [6.07, 6.45) is 0. The average Bonchev–Trinajstić information content (AvgIpc) is 1.25. The second kappa shape index (κ2) is 36.0. The van der Waals surface area contributed by atoms with Crippen molar-refractivity contribution in [3.63, 3.8) is 0 Å². The van der Waals surface area contributed by atoms with Crippen LogP contribution in [-0.4, -0.2) is 226 Å². The Morgan fingerprint density at radius 1 is 0.615 bits per heavy atom.